The van der Waals surface area contributed by atoms with E-state index < -0.39 is 0 Å². The SMILES string of the molecule is CC.CNC(=O)CCCC(=O)c1cccs1.CNC(=O)c1cnccn1. The molecule has 2 aromatic heterocycles. The Kier molecular flexibility index (Phi) is 13.2. The summed E-state index contributed by atoms with van der Waals surface area (Å²) in [5.41, 5.74) is 0.338. The summed E-state index contributed by atoms with van der Waals surface area (Å²) < 4.78 is 0. The number of Topliss-reactive ketones (excluding diaryl/α,β-unsaturated/α-hetero) is 1. The van der Waals surface area contributed by atoms with Gasteiger partial charge in [0.1, 0.15) is 5.69 Å². The summed E-state index contributed by atoms with van der Waals surface area (Å²) in [6.07, 6.45) is 5.91. The molecule has 0 aliphatic carbocycles. The standard InChI is InChI=1S/C10H13NO2S.C6H7N3O.C2H6/c1-11-10(13)6-2-4-8(12)9-5-3-7-14-9;1-7-6(10)5-4-8-2-3-9-5;1-2/h3,5,7H,2,4,6H2,1H3,(H,11,13);2-4H,1H3,(H,7,10);1-2H3. The first-order valence-electron chi connectivity index (χ1n) is 8.33. The topological polar surface area (TPSA) is 101 Å². The van der Waals surface area contributed by atoms with Gasteiger partial charge in [0.05, 0.1) is 11.1 Å². The second kappa shape index (κ2) is 14.7. The normalized spacial score (nSPS) is 8.92. The maximum atomic E-state index is 11.5. The van der Waals surface area contributed by atoms with Gasteiger partial charge in [0.2, 0.25) is 5.91 Å². The number of hydrogen-bond acceptors (Lipinski definition) is 6. The highest BCUT2D eigenvalue weighted by atomic mass is 32.1. The van der Waals surface area contributed by atoms with Crippen LogP contribution in [0.1, 0.15) is 53.3 Å². The van der Waals surface area contributed by atoms with E-state index in [0.717, 1.165) is 4.88 Å². The van der Waals surface area contributed by atoms with Gasteiger partial charge in [0.15, 0.2) is 5.78 Å². The molecule has 0 aliphatic heterocycles. The van der Waals surface area contributed by atoms with Crippen LogP contribution in [0.3, 0.4) is 0 Å². The fourth-order valence-corrected chi connectivity index (χ4v) is 2.33. The molecule has 142 valence electrons. The molecule has 0 atom stereocenters. The summed E-state index contributed by atoms with van der Waals surface area (Å²) in [5, 5.41) is 6.85. The maximum absolute atomic E-state index is 11.5. The van der Waals surface area contributed by atoms with Gasteiger partial charge >= 0.3 is 0 Å². The first-order chi connectivity index (χ1) is 12.6. The second-order valence-corrected chi connectivity index (χ2v) is 5.54. The zero-order valence-corrected chi connectivity index (χ0v) is 16.4. The number of nitrogens with one attached hydrogen (secondary N) is 2. The fourth-order valence-electron chi connectivity index (χ4n) is 1.64. The van der Waals surface area contributed by atoms with E-state index in [2.05, 4.69) is 20.6 Å². The van der Waals surface area contributed by atoms with E-state index in [-0.39, 0.29) is 17.6 Å². The van der Waals surface area contributed by atoms with E-state index in [0.29, 0.717) is 25.0 Å². The fraction of sp³-hybridized carbons (Fsp3) is 0.389. The van der Waals surface area contributed by atoms with Crippen molar-refractivity contribution in [3.63, 3.8) is 0 Å². The molecule has 2 aromatic rings. The highest BCUT2D eigenvalue weighted by molar-refractivity contribution is 7.12. The smallest absolute Gasteiger partial charge is 0.271 e. The van der Waals surface area contributed by atoms with E-state index in [9.17, 15) is 14.4 Å². The molecule has 0 aromatic carbocycles. The van der Waals surface area contributed by atoms with E-state index in [4.69, 9.17) is 0 Å². The molecular weight excluding hydrogens is 352 g/mol. The number of amides is 2. The Balaban J connectivity index is 0.000000458. The first kappa shape index (κ1) is 23.4. The first-order valence-corrected chi connectivity index (χ1v) is 9.21. The van der Waals surface area contributed by atoms with Crippen LogP contribution in [-0.4, -0.2) is 41.7 Å². The Labute approximate surface area is 158 Å². The molecule has 0 radical (unpaired) electrons. The predicted octanol–water partition coefficient (Wildman–Crippen LogP) is 2.71. The van der Waals surface area contributed by atoms with Gasteiger partial charge < -0.3 is 10.6 Å². The van der Waals surface area contributed by atoms with Gasteiger partial charge in [-0.05, 0) is 17.9 Å². The van der Waals surface area contributed by atoms with Gasteiger partial charge in [-0.1, -0.05) is 19.9 Å². The summed E-state index contributed by atoms with van der Waals surface area (Å²) in [6.45, 7) is 4.00. The van der Waals surface area contributed by atoms with Crippen LogP contribution in [0, 0.1) is 0 Å². The molecule has 0 fully saturated rings. The van der Waals surface area contributed by atoms with Gasteiger partial charge in [-0.2, -0.15) is 0 Å². The molecule has 2 rings (SSSR count). The van der Waals surface area contributed by atoms with Crippen molar-refractivity contribution in [2.24, 2.45) is 0 Å². The number of ketones is 1. The number of thiophene rings is 1. The van der Waals surface area contributed by atoms with Crippen molar-refractivity contribution >= 4 is 28.9 Å². The number of rotatable bonds is 6. The molecule has 0 saturated heterocycles. The summed E-state index contributed by atoms with van der Waals surface area (Å²) in [5.74, 6) is -0.0963. The van der Waals surface area contributed by atoms with Crippen molar-refractivity contribution in [3.8, 4) is 0 Å². The van der Waals surface area contributed by atoms with Gasteiger partial charge in [-0.15, -0.1) is 11.3 Å². The molecule has 0 aliphatic rings. The van der Waals surface area contributed by atoms with Crippen molar-refractivity contribution in [1.29, 1.82) is 0 Å². The zero-order chi connectivity index (χ0) is 19.8. The number of carbonyl (C=O) groups excluding carboxylic acids is 3. The largest absolute Gasteiger partial charge is 0.359 e. The van der Waals surface area contributed by atoms with E-state index in [1.165, 1.54) is 29.9 Å². The third kappa shape index (κ3) is 9.63. The van der Waals surface area contributed by atoms with Crippen molar-refractivity contribution in [2.45, 2.75) is 33.1 Å². The van der Waals surface area contributed by atoms with Gasteiger partial charge in [0.25, 0.3) is 5.91 Å². The van der Waals surface area contributed by atoms with E-state index in [1.807, 2.05) is 31.4 Å². The second-order valence-electron chi connectivity index (χ2n) is 4.60. The van der Waals surface area contributed by atoms with Gasteiger partial charge in [0, 0.05) is 39.3 Å². The lowest BCUT2D eigenvalue weighted by Gasteiger charge is -1.98. The quantitative estimate of drug-likeness (QED) is 0.753. The Bertz CT molecular complexity index is 646. The minimum atomic E-state index is -0.215. The predicted molar refractivity (Wildman–Crippen MR) is 103 cm³/mol. The van der Waals surface area contributed by atoms with E-state index in [1.54, 1.807) is 14.1 Å². The Morgan fingerprint density at radius 2 is 1.81 bits per heavy atom. The lowest BCUT2D eigenvalue weighted by Crippen LogP contribution is -2.19. The van der Waals surface area contributed by atoms with Crippen LogP contribution in [0.4, 0.5) is 0 Å². The summed E-state index contributed by atoms with van der Waals surface area (Å²) >= 11 is 1.45. The molecule has 2 amide bonds. The van der Waals surface area contributed by atoms with Crippen molar-refractivity contribution < 1.29 is 14.4 Å². The van der Waals surface area contributed by atoms with Gasteiger partial charge in [-0.3, -0.25) is 19.4 Å². The molecule has 26 heavy (non-hydrogen) atoms. The number of hydrogen-bond donors (Lipinski definition) is 2. The molecule has 7 nitrogen and oxygen atoms in total. The van der Waals surface area contributed by atoms with Crippen LogP contribution in [0.5, 0.6) is 0 Å². The van der Waals surface area contributed by atoms with Gasteiger partial charge in [-0.25, -0.2) is 4.98 Å². The van der Waals surface area contributed by atoms with Crippen LogP contribution >= 0.6 is 11.3 Å². The molecule has 8 heteroatoms. The summed E-state index contributed by atoms with van der Waals surface area (Å²) in [7, 11) is 3.15. The Morgan fingerprint density at radius 1 is 1.08 bits per heavy atom. The average molecular weight is 378 g/mol. The summed E-state index contributed by atoms with van der Waals surface area (Å²) in [4.78, 5) is 41.4. The zero-order valence-electron chi connectivity index (χ0n) is 15.6. The van der Waals surface area contributed by atoms with Crippen LogP contribution in [0.15, 0.2) is 36.1 Å². The number of aromatic nitrogens is 2. The van der Waals surface area contributed by atoms with Crippen molar-refractivity contribution in [1.82, 2.24) is 20.6 Å². The summed E-state index contributed by atoms with van der Waals surface area (Å²) in [6, 6.07) is 3.67. The third-order valence-corrected chi connectivity index (χ3v) is 3.82. The van der Waals surface area contributed by atoms with E-state index >= 15 is 0 Å². The van der Waals surface area contributed by atoms with Crippen molar-refractivity contribution in [2.75, 3.05) is 14.1 Å². The molecule has 0 bridgehead atoms. The monoisotopic (exact) mass is 378 g/mol. The lowest BCUT2D eigenvalue weighted by atomic mass is 10.1. The highest BCUT2D eigenvalue weighted by Crippen LogP contribution is 2.12. The van der Waals surface area contributed by atoms with Crippen LogP contribution in [0.25, 0.3) is 0 Å². The molecule has 0 saturated carbocycles. The molecular formula is C18H26N4O3S. The van der Waals surface area contributed by atoms with Crippen LogP contribution in [0.2, 0.25) is 0 Å². The number of nitrogens with zero attached hydrogens (tertiary/aromatic N) is 2. The molecule has 2 N–H and O–H groups in total. The number of carbonyl (C=O) groups is 3. The van der Waals surface area contributed by atoms with Crippen LogP contribution < -0.4 is 10.6 Å². The minimum absolute atomic E-state index is 0.0102. The maximum Gasteiger partial charge on any atom is 0.271 e. The molecule has 2 heterocycles. The van der Waals surface area contributed by atoms with Crippen LogP contribution in [-0.2, 0) is 4.79 Å². The lowest BCUT2D eigenvalue weighted by molar-refractivity contribution is -0.120. The average Bonchev–Trinajstić information content (AvgIpc) is 3.25. The Hall–Kier alpha value is -2.61. The minimum Gasteiger partial charge on any atom is -0.359 e. The highest BCUT2D eigenvalue weighted by Gasteiger charge is 2.07. The third-order valence-electron chi connectivity index (χ3n) is 2.91. The Morgan fingerprint density at radius 3 is 2.31 bits per heavy atom. The van der Waals surface area contributed by atoms with Crippen molar-refractivity contribution in [3.05, 3.63) is 46.7 Å². The molecule has 0 spiro atoms. The molecule has 0 unspecified atom stereocenters.